The molecule has 6 heteroatoms. The fraction of sp³-hybridized carbons (Fsp3) is 0.467. The largest absolute Gasteiger partial charge is 0.339 e. The Morgan fingerprint density at radius 1 is 1.33 bits per heavy atom. The molecule has 1 aliphatic heterocycles. The van der Waals surface area contributed by atoms with Crippen molar-refractivity contribution in [1.82, 2.24) is 19.7 Å². The highest BCUT2D eigenvalue weighted by Gasteiger charge is 2.24. The van der Waals surface area contributed by atoms with Crippen molar-refractivity contribution < 1.29 is 0 Å². The number of aromatic nitrogens is 3. The number of hydrogen-bond donors (Lipinski definition) is 1. The molecule has 0 bridgehead atoms. The minimum atomic E-state index is 0.469. The van der Waals surface area contributed by atoms with Crippen LogP contribution in [0.2, 0.25) is 0 Å². The molecule has 1 unspecified atom stereocenters. The SMILES string of the molecule is CN1CCCC(N(C)c2n[nH]c(=S)n2-c2ccccc2)C1. The third-order valence-electron chi connectivity index (χ3n) is 4.13. The quantitative estimate of drug-likeness (QED) is 0.884. The van der Waals surface area contributed by atoms with Crippen LogP contribution in [-0.4, -0.2) is 52.9 Å². The molecule has 0 aliphatic carbocycles. The molecule has 1 aromatic heterocycles. The van der Waals surface area contributed by atoms with Crippen LogP contribution in [0.15, 0.2) is 30.3 Å². The maximum atomic E-state index is 5.41. The number of piperidine rings is 1. The van der Waals surface area contributed by atoms with Gasteiger partial charge in [-0.25, -0.2) is 5.10 Å². The highest BCUT2D eigenvalue weighted by atomic mass is 32.1. The van der Waals surface area contributed by atoms with Gasteiger partial charge < -0.3 is 9.80 Å². The van der Waals surface area contributed by atoms with Gasteiger partial charge in [0.05, 0.1) is 5.69 Å². The van der Waals surface area contributed by atoms with Crippen molar-refractivity contribution in [3.63, 3.8) is 0 Å². The summed E-state index contributed by atoms with van der Waals surface area (Å²) in [6, 6.07) is 10.6. The Bertz CT molecular complexity index is 648. The molecule has 1 aromatic carbocycles. The van der Waals surface area contributed by atoms with Gasteiger partial charge in [-0.05, 0) is 50.8 Å². The summed E-state index contributed by atoms with van der Waals surface area (Å²) < 4.78 is 2.64. The number of likely N-dealkylation sites (tertiary alicyclic amines) is 1. The molecule has 1 N–H and O–H groups in total. The molecule has 21 heavy (non-hydrogen) atoms. The number of hydrogen-bond acceptors (Lipinski definition) is 4. The molecule has 5 nitrogen and oxygen atoms in total. The number of para-hydroxylation sites is 1. The summed E-state index contributed by atoms with van der Waals surface area (Å²) in [6.45, 7) is 2.24. The van der Waals surface area contributed by atoms with Crippen LogP contribution in [0.25, 0.3) is 5.69 Å². The Labute approximate surface area is 130 Å². The average molecular weight is 303 g/mol. The predicted octanol–water partition coefficient (Wildman–Crippen LogP) is 2.46. The van der Waals surface area contributed by atoms with Crippen LogP contribution >= 0.6 is 12.2 Å². The van der Waals surface area contributed by atoms with E-state index in [2.05, 4.69) is 46.2 Å². The van der Waals surface area contributed by atoms with Gasteiger partial charge in [-0.1, -0.05) is 18.2 Å². The molecule has 0 spiro atoms. The molecule has 1 fully saturated rings. The second-order valence-corrected chi connectivity index (χ2v) is 6.06. The van der Waals surface area contributed by atoms with Gasteiger partial charge in [0.25, 0.3) is 0 Å². The number of H-pyrrole nitrogens is 1. The molecule has 1 saturated heterocycles. The van der Waals surface area contributed by atoms with Crippen LogP contribution in [0, 0.1) is 4.77 Å². The zero-order valence-electron chi connectivity index (χ0n) is 12.5. The lowest BCUT2D eigenvalue weighted by Crippen LogP contribution is -2.45. The van der Waals surface area contributed by atoms with Gasteiger partial charge in [-0.15, -0.1) is 5.10 Å². The van der Waals surface area contributed by atoms with Crippen molar-refractivity contribution in [1.29, 1.82) is 0 Å². The number of nitrogens with one attached hydrogen (secondary N) is 1. The summed E-state index contributed by atoms with van der Waals surface area (Å²) in [5.41, 5.74) is 1.04. The monoisotopic (exact) mass is 303 g/mol. The van der Waals surface area contributed by atoms with Crippen LogP contribution in [0.5, 0.6) is 0 Å². The van der Waals surface area contributed by atoms with E-state index in [4.69, 9.17) is 12.2 Å². The lowest BCUT2D eigenvalue weighted by atomic mass is 10.1. The van der Waals surface area contributed by atoms with E-state index in [1.165, 1.54) is 19.4 Å². The topological polar surface area (TPSA) is 40.1 Å². The Balaban J connectivity index is 1.94. The molecule has 2 aromatic rings. The van der Waals surface area contributed by atoms with Gasteiger partial charge in [0, 0.05) is 19.6 Å². The zero-order chi connectivity index (χ0) is 14.8. The molecule has 2 heterocycles. The highest BCUT2D eigenvalue weighted by molar-refractivity contribution is 7.71. The van der Waals surface area contributed by atoms with E-state index >= 15 is 0 Å². The summed E-state index contributed by atoms with van der Waals surface area (Å²) in [5, 5.41) is 7.37. The third kappa shape index (κ3) is 2.87. The molecule has 112 valence electrons. The maximum absolute atomic E-state index is 5.41. The van der Waals surface area contributed by atoms with Crippen molar-refractivity contribution in [2.75, 3.05) is 32.1 Å². The summed E-state index contributed by atoms with van der Waals surface area (Å²) in [4.78, 5) is 4.62. The molecule has 0 saturated carbocycles. The van der Waals surface area contributed by atoms with E-state index in [-0.39, 0.29) is 0 Å². The highest BCUT2D eigenvalue weighted by Crippen LogP contribution is 2.22. The van der Waals surface area contributed by atoms with Crippen LogP contribution in [0.3, 0.4) is 0 Å². The van der Waals surface area contributed by atoms with Gasteiger partial charge in [-0.3, -0.25) is 4.57 Å². The summed E-state index contributed by atoms with van der Waals surface area (Å²) in [6.07, 6.45) is 2.41. The second kappa shape index (κ2) is 5.99. The zero-order valence-corrected chi connectivity index (χ0v) is 13.3. The minimum absolute atomic E-state index is 0.469. The van der Waals surface area contributed by atoms with E-state index in [1.807, 2.05) is 22.8 Å². The van der Waals surface area contributed by atoms with E-state index in [9.17, 15) is 0 Å². The molecular weight excluding hydrogens is 282 g/mol. The van der Waals surface area contributed by atoms with E-state index in [0.717, 1.165) is 18.2 Å². The van der Waals surface area contributed by atoms with Gasteiger partial charge in [0.2, 0.25) is 10.7 Å². The van der Waals surface area contributed by atoms with E-state index < -0.39 is 0 Å². The molecule has 3 rings (SSSR count). The van der Waals surface area contributed by atoms with Gasteiger partial charge in [-0.2, -0.15) is 0 Å². The number of benzene rings is 1. The third-order valence-corrected chi connectivity index (χ3v) is 4.41. The normalized spacial score (nSPS) is 19.6. The first kappa shape index (κ1) is 14.3. The number of likely N-dealkylation sites (N-methyl/N-ethyl adjacent to an activating group) is 2. The number of rotatable bonds is 3. The number of anilines is 1. The van der Waals surface area contributed by atoms with Crippen molar-refractivity contribution in [2.45, 2.75) is 18.9 Å². The van der Waals surface area contributed by atoms with Gasteiger partial charge in [0.15, 0.2) is 0 Å². The molecule has 0 radical (unpaired) electrons. The fourth-order valence-electron chi connectivity index (χ4n) is 2.95. The molecule has 0 amide bonds. The summed E-state index contributed by atoms with van der Waals surface area (Å²) in [7, 11) is 4.28. The van der Waals surface area contributed by atoms with Crippen LogP contribution in [0.4, 0.5) is 5.95 Å². The Morgan fingerprint density at radius 2 is 2.10 bits per heavy atom. The van der Waals surface area contributed by atoms with Crippen molar-refractivity contribution in [2.24, 2.45) is 0 Å². The minimum Gasteiger partial charge on any atom is -0.339 e. The molecular formula is C15H21N5S. The van der Waals surface area contributed by atoms with Crippen molar-refractivity contribution in [3.8, 4) is 5.69 Å². The lowest BCUT2D eigenvalue weighted by Gasteiger charge is -2.36. The van der Waals surface area contributed by atoms with Crippen LogP contribution < -0.4 is 4.90 Å². The lowest BCUT2D eigenvalue weighted by molar-refractivity contribution is 0.246. The van der Waals surface area contributed by atoms with Crippen LogP contribution in [-0.2, 0) is 0 Å². The second-order valence-electron chi connectivity index (χ2n) is 5.67. The van der Waals surface area contributed by atoms with E-state index in [0.29, 0.717) is 10.8 Å². The summed E-state index contributed by atoms with van der Waals surface area (Å²) in [5.74, 6) is 0.881. The first-order valence-corrected chi connectivity index (χ1v) is 7.72. The first-order valence-electron chi connectivity index (χ1n) is 7.31. The van der Waals surface area contributed by atoms with Crippen molar-refractivity contribution in [3.05, 3.63) is 35.1 Å². The Hall–Kier alpha value is -1.66. The molecule has 1 aliphatic rings. The summed E-state index contributed by atoms with van der Waals surface area (Å²) >= 11 is 5.41. The number of aromatic amines is 1. The predicted molar refractivity (Wildman–Crippen MR) is 87.7 cm³/mol. The smallest absolute Gasteiger partial charge is 0.230 e. The van der Waals surface area contributed by atoms with Crippen molar-refractivity contribution >= 4 is 18.2 Å². The standard InChI is InChI=1S/C15H21N5S/c1-18-10-6-9-13(11-18)19(2)14-16-17-15(21)20(14)12-7-4-3-5-8-12/h3-5,7-8,13H,6,9-11H2,1-2H3,(H,17,21). The van der Waals surface area contributed by atoms with Crippen LogP contribution in [0.1, 0.15) is 12.8 Å². The molecule has 1 atom stereocenters. The fourth-order valence-corrected chi connectivity index (χ4v) is 3.19. The average Bonchev–Trinajstić information content (AvgIpc) is 2.89. The number of nitrogens with zero attached hydrogens (tertiary/aromatic N) is 4. The first-order chi connectivity index (χ1) is 10.2. The van der Waals surface area contributed by atoms with Gasteiger partial charge >= 0.3 is 0 Å². The van der Waals surface area contributed by atoms with E-state index in [1.54, 1.807) is 0 Å². The Morgan fingerprint density at radius 3 is 2.81 bits per heavy atom. The Kier molecular flexibility index (Phi) is 4.07. The van der Waals surface area contributed by atoms with Gasteiger partial charge in [0.1, 0.15) is 0 Å². The maximum Gasteiger partial charge on any atom is 0.230 e.